The Kier molecular flexibility index (Phi) is 6.09. The number of aldehydes is 1. The Labute approximate surface area is 117 Å². The van der Waals surface area contributed by atoms with Gasteiger partial charge in [-0.05, 0) is 37.1 Å². The lowest BCUT2D eigenvalue weighted by atomic mass is 10.0. The molecule has 112 valence electrons. The van der Waals surface area contributed by atoms with E-state index in [0.29, 0.717) is 17.5 Å². The maximum absolute atomic E-state index is 11.0. The second-order valence-electron chi connectivity index (χ2n) is 4.83. The first-order valence-corrected chi connectivity index (χ1v) is 6.36. The molecular formula is C14H21NO5. The molecule has 0 saturated heterocycles. The summed E-state index contributed by atoms with van der Waals surface area (Å²) in [5.74, 6) is 0. The molecular weight excluding hydrogens is 262 g/mol. The number of aryl methyl sites for hydroxylation is 2. The van der Waals surface area contributed by atoms with E-state index in [0.717, 1.165) is 11.1 Å². The normalized spacial score (nSPS) is 15.5. The Bertz CT molecular complexity index is 463. The zero-order valence-corrected chi connectivity index (χ0v) is 11.6. The number of aliphatic hydroxyl groups excluding tert-OH is 4. The highest BCUT2D eigenvalue weighted by molar-refractivity contribution is 5.85. The smallest absolute Gasteiger partial charge is 0.152 e. The van der Waals surface area contributed by atoms with Crippen LogP contribution in [0.3, 0.4) is 0 Å². The van der Waals surface area contributed by atoms with Gasteiger partial charge in [-0.2, -0.15) is 0 Å². The first-order chi connectivity index (χ1) is 9.40. The summed E-state index contributed by atoms with van der Waals surface area (Å²) < 4.78 is 0. The van der Waals surface area contributed by atoms with Crippen molar-refractivity contribution in [1.29, 1.82) is 0 Å². The number of hydrogen-bond donors (Lipinski definition) is 5. The molecule has 0 spiro atoms. The van der Waals surface area contributed by atoms with E-state index in [1.54, 1.807) is 12.1 Å². The van der Waals surface area contributed by atoms with Crippen molar-refractivity contribution in [1.82, 2.24) is 0 Å². The molecule has 0 aliphatic rings. The van der Waals surface area contributed by atoms with E-state index >= 15 is 0 Å². The Balaban J connectivity index is 2.74. The van der Waals surface area contributed by atoms with Gasteiger partial charge in [0.05, 0.1) is 12.7 Å². The fraction of sp³-hybridized carbons (Fsp3) is 0.500. The minimum absolute atomic E-state index is 0.0540. The summed E-state index contributed by atoms with van der Waals surface area (Å²) in [5, 5.41) is 40.0. The maximum atomic E-state index is 11.0. The standard InChI is InChI=1S/C14H21NO5/c1-8-3-10(6-16)11(4-9(8)2)15-5-12(18)14(20)13(19)7-17/h3-4,6,12-15,17-20H,5,7H2,1-2H3/t12-,13+,14-/m0/s1. The average Bonchev–Trinajstić information content (AvgIpc) is 2.45. The van der Waals surface area contributed by atoms with E-state index < -0.39 is 24.9 Å². The number of carbonyl (C=O) groups is 1. The van der Waals surface area contributed by atoms with Crippen molar-refractivity contribution in [2.24, 2.45) is 0 Å². The van der Waals surface area contributed by atoms with E-state index in [9.17, 15) is 20.1 Å². The topological polar surface area (TPSA) is 110 Å². The van der Waals surface area contributed by atoms with Gasteiger partial charge in [0.25, 0.3) is 0 Å². The second-order valence-corrected chi connectivity index (χ2v) is 4.83. The van der Waals surface area contributed by atoms with Crippen LogP contribution >= 0.6 is 0 Å². The lowest BCUT2D eigenvalue weighted by Crippen LogP contribution is -2.43. The number of benzene rings is 1. The average molecular weight is 283 g/mol. The van der Waals surface area contributed by atoms with Crippen molar-refractivity contribution in [3.05, 3.63) is 28.8 Å². The van der Waals surface area contributed by atoms with Gasteiger partial charge in [0, 0.05) is 17.8 Å². The van der Waals surface area contributed by atoms with Crippen LogP contribution in [0.25, 0.3) is 0 Å². The van der Waals surface area contributed by atoms with E-state index in [1.165, 1.54) is 0 Å². The summed E-state index contributed by atoms with van der Waals surface area (Å²) in [6.07, 6.45) is -3.42. The summed E-state index contributed by atoms with van der Waals surface area (Å²) in [7, 11) is 0. The van der Waals surface area contributed by atoms with Gasteiger partial charge in [0.1, 0.15) is 12.2 Å². The van der Waals surface area contributed by atoms with Crippen LogP contribution in [0.1, 0.15) is 21.5 Å². The van der Waals surface area contributed by atoms with Crippen LogP contribution in [0, 0.1) is 13.8 Å². The zero-order chi connectivity index (χ0) is 15.3. The Morgan fingerprint density at radius 2 is 1.75 bits per heavy atom. The molecule has 0 bridgehead atoms. The molecule has 1 aromatic carbocycles. The van der Waals surface area contributed by atoms with Crippen LogP contribution < -0.4 is 5.32 Å². The fourth-order valence-corrected chi connectivity index (χ4v) is 1.79. The van der Waals surface area contributed by atoms with Crippen LogP contribution in [0.5, 0.6) is 0 Å². The maximum Gasteiger partial charge on any atom is 0.152 e. The van der Waals surface area contributed by atoms with Gasteiger partial charge in [-0.25, -0.2) is 0 Å². The molecule has 3 atom stereocenters. The lowest BCUT2D eigenvalue weighted by molar-refractivity contribution is -0.0715. The number of aliphatic hydroxyl groups is 4. The Morgan fingerprint density at radius 1 is 1.15 bits per heavy atom. The highest BCUT2D eigenvalue weighted by Crippen LogP contribution is 2.19. The summed E-state index contributed by atoms with van der Waals surface area (Å²) in [4.78, 5) is 11.0. The minimum atomic E-state index is -1.46. The number of anilines is 1. The molecule has 0 heterocycles. The third-order valence-corrected chi connectivity index (χ3v) is 3.27. The van der Waals surface area contributed by atoms with E-state index in [-0.39, 0.29) is 6.54 Å². The molecule has 0 amide bonds. The van der Waals surface area contributed by atoms with Crippen LogP contribution in [-0.4, -0.2) is 58.2 Å². The van der Waals surface area contributed by atoms with Gasteiger partial charge < -0.3 is 25.7 Å². The monoisotopic (exact) mass is 283 g/mol. The molecule has 0 unspecified atom stereocenters. The number of rotatable bonds is 7. The second kappa shape index (κ2) is 7.35. The first-order valence-electron chi connectivity index (χ1n) is 6.36. The summed E-state index contributed by atoms with van der Waals surface area (Å²) in [6.45, 7) is 3.10. The van der Waals surface area contributed by atoms with Crippen LogP contribution in [0.15, 0.2) is 12.1 Å². The highest BCUT2D eigenvalue weighted by atomic mass is 16.4. The molecule has 0 aliphatic heterocycles. The molecule has 1 rings (SSSR count). The van der Waals surface area contributed by atoms with Crippen molar-refractivity contribution in [2.75, 3.05) is 18.5 Å². The predicted molar refractivity (Wildman–Crippen MR) is 74.9 cm³/mol. The van der Waals surface area contributed by atoms with E-state index in [1.807, 2.05) is 13.8 Å². The predicted octanol–water partition coefficient (Wildman–Crippen LogP) is -0.397. The van der Waals surface area contributed by atoms with Crippen LogP contribution in [-0.2, 0) is 0 Å². The summed E-state index contributed by atoms with van der Waals surface area (Å²) in [5.41, 5.74) is 2.97. The molecule has 0 saturated carbocycles. The SMILES string of the molecule is Cc1cc(C=O)c(NC[C@H](O)[C@H](O)[C@H](O)CO)cc1C. The van der Waals surface area contributed by atoms with Crippen molar-refractivity contribution in [3.8, 4) is 0 Å². The fourth-order valence-electron chi connectivity index (χ4n) is 1.79. The molecule has 6 heteroatoms. The van der Waals surface area contributed by atoms with Gasteiger partial charge in [0.2, 0.25) is 0 Å². The van der Waals surface area contributed by atoms with E-state index in [2.05, 4.69) is 5.32 Å². The Hall–Kier alpha value is -1.47. The molecule has 6 nitrogen and oxygen atoms in total. The highest BCUT2D eigenvalue weighted by Gasteiger charge is 2.23. The molecule has 0 aromatic heterocycles. The molecule has 0 radical (unpaired) electrons. The minimum Gasteiger partial charge on any atom is -0.394 e. The van der Waals surface area contributed by atoms with E-state index in [4.69, 9.17) is 5.11 Å². The van der Waals surface area contributed by atoms with Gasteiger partial charge in [-0.15, -0.1) is 0 Å². The van der Waals surface area contributed by atoms with Crippen molar-refractivity contribution in [2.45, 2.75) is 32.2 Å². The Morgan fingerprint density at radius 3 is 2.30 bits per heavy atom. The quantitative estimate of drug-likeness (QED) is 0.436. The largest absolute Gasteiger partial charge is 0.394 e. The van der Waals surface area contributed by atoms with Gasteiger partial charge in [-0.1, -0.05) is 0 Å². The molecule has 5 N–H and O–H groups in total. The zero-order valence-electron chi connectivity index (χ0n) is 11.6. The van der Waals surface area contributed by atoms with Crippen molar-refractivity contribution in [3.63, 3.8) is 0 Å². The third-order valence-electron chi connectivity index (χ3n) is 3.27. The molecule has 0 fully saturated rings. The van der Waals surface area contributed by atoms with Crippen molar-refractivity contribution >= 4 is 12.0 Å². The lowest BCUT2D eigenvalue weighted by Gasteiger charge is -2.22. The third kappa shape index (κ3) is 4.01. The molecule has 0 aliphatic carbocycles. The summed E-state index contributed by atoms with van der Waals surface area (Å²) >= 11 is 0. The van der Waals surface area contributed by atoms with Gasteiger partial charge in [-0.3, -0.25) is 4.79 Å². The van der Waals surface area contributed by atoms with Crippen LogP contribution in [0.2, 0.25) is 0 Å². The van der Waals surface area contributed by atoms with Crippen molar-refractivity contribution < 1.29 is 25.2 Å². The van der Waals surface area contributed by atoms with Gasteiger partial charge in [0.15, 0.2) is 6.29 Å². The summed E-state index contributed by atoms with van der Waals surface area (Å²) in [6, 6.07) is 3.51. The van der Waals surface area contributed by atoms with Gasteiger partial charge >= 0.3 is 0 Å². The van der Waals surface area contributed by atoms with Crippen LogP contribution in [0.4, 0.5) is 5.69 Å². The first kappa shape index (κ1) is 16.6. The molecule has 20 heavy (non-hydrogen) atoms. The number of nitrogens with one attached hydrogen (secondary N) is 1. The molecule has 1 aromatic rings. The number of carbonyl (C=O) groups excluding carboxylic acids is 1. The number of hydrogen-bond acceptors (Lipinski definition) is 6.